The number of carbonyl (C=O) groups excluding carboxylic acids is 1. The Morgan fingerprint density at radius 2 is 1.42 bits per heavy atom. The topological polar surface area (TPSA) is 167 Å². The second-order valence-electron chi connectivity index (χ2n) is 7.51. The monoisotopic (exact) mass is 508 g/mol. The summed E-state index contributed by atoms with van der Waals surface area (Å²) >= 11 is 0. The molecule has 2 N–H and O–H groups in total. The van der Waals surface area contributed by atoms with E-state index in [4.69, 9.17) is 5.73 Å². The predicted octanol–water partition coefficient (Wildman–Crippen LogP) is 2.64. The number of carbonyl (C=O) groups is 1. The highest BCUT2D eigenvalue weighted by Crippen LogP contribution is 2.23. The van der Waals surface area contributed by atoms with Crippen LogP contribution < -0.4 is 5.73 Å². The number of nitro benzene ring substituents is 2. The summed E-state index contributed by atoms with van der Waals surface area (Å²) in [6, 6.07) is 16.9. The number of benzene rings is 3. The second kappa shape index (κ2) is 11.2. The molecule has 36 heavy (non-hydrogen) atoms. The third-order valence-electron chi connectivity index (χ3n) is 5.15. The number of hydrogen-bond donors (Lipinski definition) is 1. The Hall–Kier alpha value is -4.60. The molecule has 0 radical (unpaired) electrons. The molecular weight excluding hydrogens is 488 g/mol. The van der Waals surface area contributed by atoms with Gasteiger partial charge in [0.2, 0.25) is 15.9 Å². The molecule has 1 amide bonds. The second-order valence-corrected chi connectivity index (χ2v) is 9.41. The normalized spacial score (nSPS) is 11.8. The van der Waals surface area contributed by atoms with Crippen LogP contribution in [-0.2, 0) is 21.2 Å². The van der Waals surface area contributed by atoms with Crippen LogP contribution in [0.25, 0.3) is 0 Å². The SMILES string of the molecule is NC(=O)[C@H](Cc1ccccc1)N(CC#Cc1ccc([N+](=O)[O-])cc1)S(=O)(=O)c1ccc([N+](=O)[O-])cc1. The van der Waals surface area contributed by atoms with Gasteiger partial charge in [0.05, 0.1) is 21.3 Å². The minimum atomic E-state index is -4.36. The van der Waals surface area contributed by atoms with Gasteiger partial charge in [0.15, 0.2) is 0 Å². The van der Waals surface area contributed by atoms with Crippen LogP contribution in [0.15, 0.2) is 83.8 Å². The number of sulfonamides is 1. The highest BCUT2D eigenvalue weighted by atomic mass is 32.2. The number of nitro groups is 2. The van der Waals surface area contributed by atoms with Crippen molar-refractivity contribution < 1.29 is 23.1 Å². The molecule has 0 saturated carbocycles. The van der Waals surface area contributed by atoms with E-state index in [2.05, 4.69) is 11.8 Å². The van der Waals surface area contributed by atoms with Crippen LogP contribution in [0.5, 0.6) is 0 Å². The molecule has 0 heterocycles. The summed E-state index contributed by atoms with van der Waals surface area (Å²) in [4.78, 5) is 32.7. The van der Waals surface area contributed by atoms with E-state index in [0.717, 1.165) is 28.6 Å². The van der Waals surface area contributed by atoms with Gasteiger partial charge in [0, 0.05) is 29.8 Å². The van der Waals surface area contributed by atoms with Gasteiger partial charge in [0.1, 0.15) is 6.04 Å². The van der Waals surface area contributed by atoms with E-state index in [1.165, 1.54) is 24.3 Å². The van der Waals surface area contributed by atoms with Gasteiger partial charge in [-0.15, -0.1) is 0 Å². The zero-order valence-electron chi connectivity index (χ0n) is 18.7. The molecule has 0 unspecified atom stereocenters. The first-order valence-corrected chi connectivity index (χ1v) is 11.9. The van der Waals surface area contributed by atoms with Gasteiger partial charge in [-0.2, -0.15) is 4.31 Å². The average Bonchev–Trinajstić information content (AvgIpc) is 2.86. The highest BCUT2D eigenvalue weighted by molar-refractivity contribution is 7.89. The lowest BCUT2D eigenvalue weighted by Crippen LogP contribution is -2.49. The van der Waals surface area contributed by atoms with Crippen molar-refractivity contribution in [2.75, 3.05) is 6.54 Å². The molecule has 0 bridgehead atoms. The quantitative estimate of drug-likeness (QED) is 0.263. The lowest BCUT2D eigenvalue weighted by molar-refractivity contribution is -0.385. The van der Waals surface area contributed by atoms with Crippen LogP contribution in [0.2, 0.25) is 0 Å². The number of rotatable bonds is 9. The molecule has 11 nitrogen and oxygen atoms in total. The van der Waals surface area contributed by atoms with Crippen LogP contribution in [0.3, 0.4) is 0 Å². The molecule has 0 aromatic heterocycles. The fourth-order valence-corrected chi connectivity index (χ4v) is 4.80. The fourth-order valence-electron chi connectivity index (χ4n) is 3.31. The summed E-state index contributed by atoms with van der Waals surface area (Å²) in [6.45, 7) is -0.434. The molecule has 184 valence electrons. The van der Waals surface area contributed by atoms with Crippen LogP contribution in [0, 0.1) is 32.1 Å². The first kappa shape index (κ1) is 26.0. The third-order valence-corrected chi connectivity index (χ3v) is 7.02. The molecule has 3 aromatic rings. The van der Waals surface area contributed by atoms with Crippen LogP contribution >= 0.6 is 0 Å². The summed E-state index contributed by atoms with van der Waals surface area (Å²) in [6.07, 6.45) is -0.0262. The van der Waals surface area contributed by atoms with Crippen molar-refractivity contribution >= 4 is 27.3 Å². The maximum absolute atomic E-state index is 13.5. The van der Waals surface area contributed by atoms with E-state index in [9.17, 15) is 33.4 Å². The first-order valence-electron chi connectivity index (χ1n) is 10.4. The summed E-state index contributed by atoms with van der Waals surface area (Å²) in [7, 11) is -4.36. The summed E-state index contributed by atoms with van der Waals surface area (Å²) in [5.74, 6) is 4.51. The Morgan fingerprint density at radius 3 is 1.92 bits per heavy atom. The maximum atomic E-state index is 13.5. The van der Waals surface area contributed by atoms with E-state index in [1.54, 1.807) is 30.3 Å². The van der Waals surface area contributed by atoms with Crippen molar-refractivity contribution in [1.82, 2.24) is 4.31 Å². The number of non-ortho nitro benzene ring substituents is 2. The molecule has 1 atom stereocenters. The van der Waals surface area contributed by atoms with Gasteiger partial charge < -0.3 is 5.73 Å². The van der Waals surface area contributed by atoms with Crippen LogP contribution in [0.1, 0.15) is 11.1 Å². The molecule has 12 heteroatoms. The van der Waals surface area contributed by atoms with Gasteiger partial charge in [-0.25, -0.2) is 8.42 Å². The molecule has 0 saturated heterocycles. The largest absolute Gasteiger partial charge is 0.368 e. The zero-order valence-corrected chi connectivity index (χ0v) is 19.5. The van der Waals surface area contributed by atoms with E-state index in [-0.39, 0.29) is 22.7 Å². The Bertz CT molecular complexity index is 1430. The Morgan fingerprint density at radius 1 is 0.889 bits per heavy atom. The fraction of sp³-hybridized carbons (Fsp3) is 0.125. The number of amides is 1. The number of primary amides is 1. The molecule has 0 aliphatic carbocycles. The lowest BCUT2D eigenvalue weighted by Gasteiger charge is -2.27. The summed E-state index contributed by atoms with van der Waals surface area (Å²) < 4.78 is 27.9. The van der Waals surface area contributed by atoms with E-state index in [0.29, 0.717) is 11.1 Å². The van der Waals surface area contributed by atoms with Gasteiger partial charge in [0.25, 0.3) is 11.4 Å². The number of nitrogens with zero attached hydrogens (tertiary/aromatic N) is 3. The number of nitrogens with two attached hydrogens (primary N) is 1. The lowest BCUT2D eigenvalue weighted by atomic mass is 10.1. The number of hydrogen-bond acceptors (Lipinski definition) is 7. The van der Waals surface area contributed by atoms with Crippen LogP contribution in [0.4, 0.5) is 11.4 Å². The molecule has 0 fully saturated rings. The van der Waals surface area contributed by atoms with Crippen LogP contribution in [-0.4, -0.2) is 41.1 Å². The van der Waals surface area contributed by atoms with E-state index >= 15 is 0 Å². The molecule has 0 aliphatic rings. The van der Waals surface area contributed by atoms with Crippen molar-refractivity contribution in [2.24, 2.45) is 5.73 Å². The maximum Gasteiger partial charge on any atom is 0.269 e. The predicted molar refractivity (Wildman–Crippen MR) is 130 cm³/mol. The molecule has 0 spiro atoms. The molecule has 3 aromatic carbocycles. The first-order chi connectivity index (χ1) is 17.1. The van der Waals surface area contributed by atoms with E-state index in [1.807, 2.05) is 0 Å². The Balaban J connectivity index is 2.00. The highest BCUT2D eigenvalue weighted by Gasteiger charge is 2.34. The Labute approximate surface area is 206 Å². The van der Waals surface area contributed by atoms with Crippen molar-refractivity contribution in [3.8, 4) is 11.8 Å². The smallest absolute Gasteiger partial charge is 0.269 e. The summed E-state index contributed by atoms with van der Waals surface area (Å²) in [5, 5.41) is 21.8. The van der Waals surface area contributed by atoms with Gasteiger partial charge in [-0.3, -0.25) is 25.0 Å². The minimum absolute atomic E-state index is 0.0262. The molecule has 0 aliphatic heterocycles. The molecular formula is C24H20N4O7S. The van der Waals surface area contributed by atoms with Crippen molar-refractivity contribution in [1.29, 1.82) is 0 Å². The zero-order chi connectivity index (χ0) is 26.3. The standard InChI is InChI=1S/C24H20N4O7S/c25-24(29)23(17-19-5-2-1-3-6-19)26(16-4-7-18-8-10-20(11-9-18)27(30)31)36(34,35)22-14-12-21(13-15-22)28(32)33/h1-3,5-6,8-15,23H,16-17H2,(H2,25,29)/t23-/m0/s1. The van der Waals surface area contributed by atoms with Gasteiger partial charge >= 0.3 is 0 Å². The van der Waals surface area contributed by atoms with Gasteiger partial charge in [-0.05, 0) is 36.2 Å². The molecule has 3 rings (SSSR count). The van der Waals surface area contributed by atoms with Gasteiger partial charge in [-0.1, -0.05) is 42.2 Å². The van der Waals surface area contributed by atoms with Crippen molar-refractivity contribution in [3.05, 3.63) is 110 Å². The summed E-state index contributed by atoms with van der Waals surface area (Å²) in [5.41, 5.74) is 6.24. The van der Waals surface area contributed by atoms with E-state index < -0.39 is 38.4 Å². The van der Waals surface area contributed by atoms with Crippen molar-refractivity contribution in [2.45, 2.75) is 17.4 Å². The average molecular weight is 509 g/mol. The van der Waals surface area contributed by atoms with Crippen molar-refractivity contribution in [3.63, 3.8) is 0 Å². The Kier molecular flexibility index (Phi) is 8.11. The minimum Gasteiger partial charge on any atom is -0.368 e. The third kappa shape index (κ3) is 6.29.